The van der Waals surface area contributed by atoms with Crippen LogP contribution < -0.4 is 5.32 Å². The number of aromatic nitrogens is 2. The molecule has 2 aromatic heterocycles. The zero-order valence-electron chi connectivity index (χ0n) is 13.8. The molecule has 0 aliphatic rings. The minimum atomic E-state index is -0.946. The molecule has 0 bridgehead atoms. The summed E-state index contributed by atoms with van der Waals surface area (Å²) in [4.78, 5) is 22.7. The zero-order valence-corrected chi connectivity index (χ0v) is 14.6. The first-order valence-electron chi connectivity index (χ1n) is 7.88. The van der Waals surface area contributed by atoms with Crippen LogP contribution in [0.5, 0.6) is 0 Å². The lowest BCUT2D eigenvalue weighted by atomic mass is 10.2. The number of nitrogens with zero attached hydrogens (tertiary/aromatic N) is 2. The summed E-state index contributed by atoms with van der Waals surface area (Å²) in [5, 5.41) is 13.4. The van der Waals surface area contributed by atoms with Crippen molar-refractivity contribution in [2.45, 2.75) is 33.1 Å². The van der Waals surface area contributed by atoms with Crippen LogP contribution >= 0.6 is 11.3 Å². The van der Waals surface area contributed by atoms with Crippen LogP contribution in [-0.4, -0.2) is 21.0 Å². The van der Waals surface area contributed by atoms with Crippen LogP contribution in [0.1, 0.15) is 47.7 Å². The first-order chi connectivity index (χ1) is 11.5. The van der Waals surface area contributed by atoms with Gasteiger partial charge in [-0.3, -0.25) is 0 Å². The standard InChI is InChI=1S/C18H19N3O2S/c1-4-13-9-14-16(20-15(10(2)3)21-17(14)24-13)19-12-7-5-6-11(8-12)18(22)23/h5-10H,4H2,1-3H3,(H,22,23)(H,19,20,21). The average Bonchev–Trinajstić information content (AvgIpc) is 2.98. The van der Waals surface area contributed by atoms with Gasteiger partial charge in [-0.2, -0.15) is 0 Å². The van der Waals surface area contributed by atoms with Crippen molar-refractivity contribution in [2.75, 3.05) is 5.32 Å². The number of aryl methyl sites for hydroxylation is 1. The van der Waals surface area contributed by atoms with Crippen LogP contribution in [0.2, 0.25) is 0 Å². The van der Waals surface area contributed by atoms with Gasteiger partial charge in [-0.25, -0.2) is 14.8 Å². The fourth-order valence-corrected chi connectivity index (χ4v) is 3.36. The highest BCUT2D eigenvalue weighted by Gasteiger charge is 2.14. The largest absolute Gasteiger partial charge is 0.478 e. The fraction of sp³-hybridized carbons (Fsp3) is 0.278. The molecule has 2 heterocycles. The van der Waals surface area contributed by atoms with Crippen LogP contribution in [-0.2, 0) is 6.42 Å². The van der Waals surface area contributed by atoms with Crippen LogP contribution in [0.3, 0.4) is 0 Å². The normalized spacial score (nSPS) is 11.2. The minimum Gasteiger partial charge on any atom is -0.478 e. The maximum Gasteiger partial charge on any atom is 0.335 e. The molecular weight excluding hydrogens is 322 g/mol. The second kappa shape index (κ2) is 6.57. The highest BCUT2D eigenvalue weighted by Crippen LogP contribution is 2.32. The molecule has 0 fully saturated rings. The lowest BCUT2D eigenvalue weighted by molar-refractivity contribution is 0.0697. The van der Waals surface area contributed by atoms with E-state index >= 15 is 0 Å². The van der Waals surface area contributed by atoms with Crippen molar-refractivity contribution >= 4 is 39.0 Å². The van der Waals surface area contributed by atoms with Gasteiger partial charge in [0.15, 0.2) is 0 Å². The van der Waals surface area contributed by atoms with Crippen molar-refractivity contribution in [1.29, 1.82) is 0 Å². The first kappa shape index (κ1) is 16.4. The second-order valence-electron chi connectivity index (χ2n) is 5.88. The van der Waals surface area contributed by atoms with E-state index in [4.69, 9.17) is 5.11 Å². The summed E-state index contributed by atoms with van der Waals surface area (Å²) in [6.07, 6.45) is 0.950. The molecule has 6 heteroatoms. The van der Waals surface area contributed by atoms with Crippen molar-refractivity contribution in [3.8, 4) is 0 Å². The van der Waals surface area contributed by atoms with Gasteiger partial charge in [-0.1, -0.05) is 26.8 Å². The fourth-order valence-electron chi connectivity index (χ4n) is 2.38. The number of anilines is 2. The maximum atomic E-state index is 11.2. The number of carboxylic acid groups (broad SMARTS) is 1. The highest BCUT2D eigenvalue weighted by molar-refractivity contribution is 7.18. The Hall–Kier alpha value is -2.47. The van der Waals surface area contributed by atoms with Crippen LogP contribution in [0.4, 0.5) is 11.5 Å². The third kappa shape index (κ3) is 3.23. The van der Waals surface area contributed by atoms with Gasteiger partial charge in [0.1, 0.15) is 16.5 Å². The van der Waals surface area contributed by atoms with E-state index in [0.717, 1.165) is 28.3 Å². The Balaban J connectivity index is 2.08. The van der Waals surface area contributed by atoms with Crippen molar-refractivity contribution < 1.29 is 9.90 Å². The predicted octanol–water partition coefficient (Wildman–Crippen LogP) is 4.82. The Labute approximate surface area is 144 Å². The molecule has 0 saturated carbocycles. The van der Waals surface area contributed by atoms with Gasteiger partial charge in [0.05, 0.1) is 10.9 Å². The Morgan fingerprint density at radius 1 is 1.29 bits per heavy atom. The lowest BCUT2D eigenvalue weighted by Crippen LogP contribution is -2.03. The van der Waals surface area contributed by atoms with Crippen molar-refractivity contribution in [1.82, 2.24) is 9.97 Å². The zero-order chi connectivity index (χ0) is 17.3. The molecule has 0 radical (unpaired) electrons. The molecule has 0 saturated heterocycles. The van der Waals surface area contributed by atoms with Gasteiger partial charge in [-0.15, -0.1) is 11.3 Å². The molecule has 0 aliphatic heterocycles. The molecule has 2 N–H and O–H groups in total. The minimum absolute atomic E-state index is 0.215. The number of thiophene rings is 1. The van der Waals surface area contributed by atoms with Crippen molar-refractivity contribution in [2.24, 2.45) is 0 Å². The first-order valence-corrected chi connectivity index (χ1v) is 8.70. The van der Waals surface area contributed by atoms with Crippen LogP contribution in [0.15, 0.2) is 30.3 Å². The van der Waals surface area contributed by atoms with Crippen molar-refractivity contribution in [3.63, 3.8) is 0 Å². The summed E-state index contributed by atoms with van der Waals surface area (Å²) in [6, 6.07) is 8.84. The predicted molar refractivity (Wildman–Crippen MR) is 97.6 cm³/mol. The number of fused-ring (bicyclic) bond motifs is 1. The Bertz CT molecular complexity index is 902. The number of rotatable bonds is 5. The van der Waals surface area contributed by atoms with E-state index in [-0.39, 0.29) is 11.5 Å². The topological polar surface area (TPSA) is 75.1 Å². The Kier molecular flexibility index (Phi) is 4.49. The third-order valence-corrected chi connectivity index (χ3v) is 4.87. The summed E-state index contributed by atoms with van der Waals surface area (Å²) >= 11 is 1.68. The number of carbonyl (C=O) groups is 1. The van der Waals surface area contributed by atoms with Crippen molar-refractivity contribution in [3.05, 3.63) is 46.6 Å². The monoisotopic (exact) mass is 341 g/mol. The van der Waals surface area contributed by atoms with E-state index in [9.17, 15) is 4.79 Å². The van der Waals surface area contributed by atoms with Crippen LogP contribution in [0.25, 0.3) is 10.2 Å². The molecule has 124 valence electrons. The number of hydrogen-bond acceptors (Lipinski definition) is 5. The molecule has 5 nitrogen and oxygen atoms in total. The number of hydrogen-bond donors (Lipinski definition) is 2. The van der Waals surface area contributed by atoms with Crippen LogP contribution in [0, 0.1) is 0 Å². The SMILES string of the molecule is CCc1cc2c(Nc3cccc(C(=O)O)c3)nc(C(C)C)nc2s1. The average molecular weight is 341 g/mol. The van der Waals surface area contributed by atoms with E-state index in [1.165, 1.54) is 4.88 Å². The van der Waals surface area contributed by atoms with Gasteiger partial charge >= 0.3 is 5.97 Å². The molecule has 3 aromatic rings. The molecule has 0 aliphatic carbocycles. The molecule has 0 spiro atoms. The lowest BCUT2D eigenvalue weighted by Gasteiger charge is -2.11. The molecule has 0 amide bonds. The third-order valence-electron chi connectivity index (χ3n) is 3.70. The Morgan fingerprint density at radius 2 is 2.08 bits per heavy atom. The summed E-state index contributed by atoms with van der Waals surface area (Å²) in [7, 11) is 0. The van der Waals surface area contributed by atoms with Gasteiger partial charge in [0, 0.05) is 16.5 Å². The smallest absolute Gasteiger partial charge is 0.335 e. The molecular formula is C18H19N3O2S. The van der Waals surface area contributed by atoms with E-state index in [1.54, 1.807) is 29.5 Å². The molecule has 24 heavy (non-hydrogen) atoms. The Morgan fingerprint density at radius 3 is 2.75 bits per heavy atom. The number of aromatic carboxylic acids is 1. The quantitative estimate of drug-likeness (QED) is 0.696. The van der Waals surface area contributed by atoms with Gasteiger partial charge in [0.25, 0.3) is 0 Å². The number of benzene rings is 1. The summed E-state index contributed by atoms with van der Waals surface area (Å²) in [6.45, 7) is 6.24. The maximum absolute atomic E-state index is 11.2. The molecule has 1 aromatic carbocycles. The summed E-state index contributed by atoms with van der Waals surface area (Å²) in [5.74, 6) is 0.775. The van der Waals surface area contributed by atoms with Gasteiger partial charge in [-0.05, 0) is 30.7 Å². The molecule has 0 atom stereocenters. The van der Waals surface area contributed by atoms with E-state index in [2.05, 4.69) is 42.1 Å². The number of nitrogens with one attached hydrogen (secondary N) is 1. The van der Waals surface area contributed by atoms with E-state index < -0.39 is 5.97 Å². The highest BCUT2D eigenvalue weighted by atomic mass is 32.1. The molecule has 3 rings (SSSR count). The van der Waals surface area contributed by atoms with Gasteiger partial charge < -0.3 is 10.4 Å². The number of carboxylic acids is 1. The van der Waals surface area contributed by atoms with E-state index in [0.29, 0.717) is 5.69 Å². The summed E-state index contributed by atoms with van der Waals surface area (Å²) in [5.41, 5.74) is 0.947. The van der Waals surface area contributed by atoms with Gasteiger partial charge in [0.2, 0.25) is 0 Å². The molecule has 0 unspecified atom stereocenters. The summed E-state index contributed by atoms with van der Waals surface area (Å²) < 4.78 is 0. The second-order valence-corrected chi connectivity index (χ2v) is 7.00. The van der Waals surface area contributed by atoms with E-state index in [1.807, 2.05) is 6.07 Å².